The lowest BCUT2D eigenvalue weighted by molar-refractivity contribution is -0.163. The van der Waals surface area contributed by atoms with Crippen molar-refractivity contribution in [3.05, 3.63) is 24.2 Å². The highest BCUT2D eigenvalue weighted by Crippen LogP contribution is 2.40. The summed E-state index contributed by atoms with van der Waals surface area (Å²) in [4.78, 5) is 27.2. The van der Waals surface area contributed by atoms with Crippen molar-refractivity contribution in [2.75, 3.05) is 0 Å². The first-order valence-electron chi connectivity index (χ1n) is 10.2. The molecule has 2 amide bonds. The van der Waals surface area contributed by atoms with Gasteiger partial charge in [0.1, 0.15) is 6.10 Å². The maximum atomic E-state index is 12.9. The maximum absolute atomic E-state index is 12.9. The summed E-state index contributed by atoms with van der Waals surface area (Å²) >= 11 is 0. The zero-order valence-electron chi connectivity index (χ0n) is 16.2. The Morgan fingerprint density at radius 2 is 1.85 bits per heavy atom. The molecule has 5 nitrogen and oxygen atoms in total. The van der Waals surface area contributed by atoms with E-state index in [1.54, 1.807) is 12.1 Å². The van der Waals surface area contributed by atoms with Crippen molar-refractivity contribution >= 4 is 20.1 Å². The summed E-state index contributed by atoms with van der Waals surface area (Å²) in [6.07, 6.45) is 6.75. The van der Waals surface area contributed by atoms with Gasteiger partial charge in [-0.1, -0.05) is 40.0 Å². The van der Waals surface area contributed by atoms with Gasteiger partial charge in [0.15, 0.2) is 14.1 Å². The third-order valence-corrected chi connectivity index (χ3v) is 11.1. The molecule has 1 saturated carbocycles. The largest absolute Gasteiger partial charge is 0.459 e. The first-order chi connectivity index (χ1) is 12.6. The summed E-state index contributed by atoms with van der Waals surface area (Å²) in [7, 11) is -1.91. The zero-order chi connectivity index (χ0) is 18.7. The molecule has 0 bridgehead atoms. The van der Waals surface area contributed by atoms with Crippen LogP contribution in [0.25, 0.3) is 0 Å². The second-order valence-corrected chi connectivity index (χ2v) is 12.4. The molecule has 26 heavy (non-hydrogen) atoms. The van der Waals surface area contributed by atoms with Crippen LogP contribution in [0.1, 0.15) is 63.4 Å². The number of β-lactam (4-membered cyclic amide) rings is 1. The fraction of sp³-hybridized carbons (Fsp3) is 0.700. The van der Waals surface area contributed by atoms with Gasteiger partial charge in [0.25, 0.3) is 11.8 Å². The van der Waals surface area contributed by atoms with E-state index < -0.39 is 14.4 Å². The maximum Gasteiger partial charge on any atom is 0.296 e. The van der Waals surface area contributed by atoms with Gasteiger partial charge in [0, 0.05) is 0 Å². The second-order valence-electron chi connectivity index (χ2n) is 7.66. The Labute approximate surface area is 157 Å². The SMILES string of the molecule is CC[Si](CC)(CC)O[C@H]1C(=O)N(C(=O)c2ccco2)[C@H]1C1CCCCC1. The first kappa shape index (κ1) is 19.4. The van der Waals surface area contributed by atoms with Crippen LogP contribution in [0.3, 0.4) is 0 Å². The molecule has 2 heterocycles. The number of carbonyl (C=O) groups excluding carboxylic acids is 2. The molecule has 3 rings (SSSR count). The quantitative estimate of drug-likeness (QED) is 0.396. The molecular weight excluding hydrogens is 346 g/mol. The molecule has 2 atom stereocenters. The molecular formula is C20H31NO4Si. The minimum absolute atomic E-state index is 0.128. The number of imide groups is 1. The van der Waals surface area contributed by atoms with E-state index in [9.17, 15) is 9.59 Å². The smallest absolute Gasteiger partial charge is 0.296 e. The van der Waals surface area contributed by atoms with E-state index in [0.717, 1.165) is 31.0 Å². The van der Waals surface area contributed by atoms with Gasteiger partial charge in [-0.25, -0.2) is 0 Å². The summed E-state index contributed by atoms with van der Waals surface area (Å²) in [5.41, 5.74) is 0. The first-order valence-corrected chi connectivity index (χ1v) is 12.7. The van der Waals surface area contributed by atoms with Crippen molar-refractivity contribution in [3.63, 3.8) is 0 Å². The summed E-state index contributed by atoms with van der Waals surface area (Å²) in [5, 5.41) is 0. The van der Waals surface area contributed by atoms with E-state index in [1.807, 2.05) is 0 Å². The molecule has 144 valence electrons. The molecule has 0 aromatic carbocycles. The number of furan rings is 1. The molecule has 1 aliphatic carbocycles. The summed E-state index contributed by atoms with van der Waals surface area (Å²) in [6, 6.07) is 6.21. The zero-order valence-corrected chi connectivity index (χ0v) is 17.2. The lowest BCUT2D eigenvalue weighted by atomic mass is 9.77. The molecule has 1 aliphatic heterocycles. The van der Waals surface area contributed by atoms with Gasteiger partial charge in [-0.15, -0.1) is 0 Å². The molecule has 1 aromatic heterocycles. The fourth-order valence-electron chi connectivity index (χ4n) is 4.56. The fourth-order valence-corrected chi connectivity index (χ4v) is 7.34. The van der Waals surface area contributed by atoms with Crippen LogP contribution in [0.15, 0.2) is 22.8 Å². The molecule has 2 fully saturated rings. The van der Waals surface area contributed by atoms with Gasteiger partial charge in [-0.3, -0.25) is 14.5 Å². The van der Waals surface area contributed by atoms with E-state index >= 15 is 0 Å². The van der Waals surface area contributed by atoms with E-state index in [4.69, 9.17) is 8.84 Å². The Bertz CT molecular complexity index is 612. The molecule has 2 aliphatic rings. The predicted molar refractivity (Wildman–Crippen MR) is 102 cm³/mol. The van der Waals surface area contributed by atoms with Crippen LogP contribution in [0.5, 0.6) is 0 Å². The number of hydrogen-bond acceptors (Lipinski definition) is 4. The van der Waals surface area contributed by atoms with Crippen LogP contribution in [0, 0.1) is 5.92 Å². The number of likely N-dealkylation sites (tertiary alicyclic amines) is 1. The molecule has 0 N–H and O–H groups in total. The van der Waals surface area contributed by atoms with Gasteiger partial charge in [0.2, 0.25) is 0 Å². The van der Waals surface area contributed by atoms with Crippen molar-refractivity contribution in [1.29, 1.82) is 0 Å². The molecule has 0 radical (unpaired) electrons. The summed E-state index contributed by atoms with van der Waals surface area (Å²) < 4.78 is 11.8. The third-order valence-electron chi connectivity index (χ3n) is 6.48. The van der Waals surface area contributed by atoms with E-state index in [0.29, 0.717) is 5.92 Å². The van der Waals surface area contributed by atoms with Crippen LogP contribution < -0.4 is 0 Å². The van der Waals surface area contributed by atoms with E-state index in [2.05, 4.69) is 20.8 Å². The highest BCUT2D eigenvalue weighted by atomic mass is 28.4. The van der Waals surface area contributed by atoms with Crippen molar-refractivity contribution in [2.24, 2.45) is 5.92 Å². The lowest BCUT2D eigenvalue weighted by Gasteiger charge is -2.52. The Morgan fingerprint density at radius 3 is 2.38 bits per heavy atom. The highest BCUT2D eigenvalue weighted by molar-refractivity contribution is 6.73. The number of rotatable bonds is 7. The number of nitrogens with zero attached hydrogens (tertiary/aromatic N) is 1. The van der Waals surface area contributed by atoms with Crippen molar-refractivity contribution < 1.29 is 18.4 Å². The Hall–Kier alpha value is -1.40. The minimum Gasteiger partial charge on any atom is -0.459 e. The standard InChI is InChI=1S/C20H31NO4Si/c1-4-26(5-2,6-3)25-18-17(15-11-8-7-9-12-15)21(20(18)23)19(22)16-13-10-14-24-16/h10,13-15,17-18H,4-9,11-12H2,1-3H3/t17-,18+/m0/s1. The lowest BCUT2D eigenvalue weighted by Crippen LogP contribution is -2.71. The summed E-state index contributed by atoms with van der Waals surface area (Å²) in [6.45, 7) is 6.51. The molecule has 6 heteroatoms. The Morgan fingerprint density at radius 1 is 1.19 bits per heavy atom. The average molecular weight is 378 g/mol. The van der Waals surface area contributed by atoms with Gasteiger partial charge in [-0.05, 0) is 49.0 Å². The monoisotopic (exact) mass is 377 g/mol. The molecule has 1 saturated heterocycles. The van der Waals surface area contributed by atoms with Crippen LogP contribution >= 0.6 is 0 Å². The molecule has 1 aromatic rings. The van der Waals surface area contributed by atoms with Crippen molar-refractivity contribution in [3.8, 4) is 0 Å². The van der Waals surface area contributed by atoms with Crippen molar-refractivity contribution in [2.45, 2.75) is 83.2 Å². The van der Waals surface area contributed by atoms with E-state index in [-0.39, 0.29) is 23.6 Å². The minimum atomic E-state index is -1.91. The van der Waals surface area contributed by atoms with Crippen LogP contribution in [0.2, 0.25) is 18.1 Å². The number of carbonyl (C=O) groups is 2. The number of amides is 2. The van der Waals surface area contributed by atoms with Crippen LogP contribution in [0.4, 0.5) is 0 Å². The van der Waals surface area contributed by atoms with Crippen LogP contribution in [-0.2, 0) is 9.22 Å². The normalized spacial score (nSPS) is 24.6. The predicted octanol–water partition coefficient (Wildman–Crippen LogP) is 4.60. The van der Waals surface area contributed by atoms with Gasteiger partial charge >= 0.3 is 0 Å². The Kier molecular flexibility index (Phi) is 6.02. The average Bonchev–Trinajstić information content (AvgIpc) is 3.22. The highest BCUT2D eigenvalue weighted by Gasteiger charge is 2.57. The van der Waals surface area contributed by atoms with Gasteiger partial charge < -0.3 is 8.84 Å². The third kappa shape index (κ3) is 3.41. The van der Waals surface area contributed by atoms with Crippen LogP contribution in [-0.4, -0.2) is 37.2 Å². The topological polar surface area (TPSA) is 59.8 Å². The van der Waals surface area contributed by atoms with Gasteiger partial charge in [-0.2, -0.15) is 0 Å². The van der Waals surface area contributed by atoms with Crippen molar-refractivity contribution in [1.82, 2.24) is 4.90 Å². The van der Waals surface area contributed by atoms with E-state index in [1.165, 1.54) is 30.4 Å². The summed E-state index contributed by atoms with van der Waals surface area (Å²) in [5.74, 6) is 0.103. The number of hydrogen-bond donors (Lipinski definition) is 0. The molecule has 0 unspecified atom stereocenters. The molecule has 0 spiro atoms. The Balaban J connectivity index is 1.84. The second kappa shape index (κ2) is 8.09. The van der Waals surface area contributed by atoms with Gasteiger partial charge in [0.05, 0.1) is 12.3 Å².